The molecule has 1 atom stereocenters. The number of nitro groups is 1. The van der Waals surface area contributed by atoms with Gasteiger partial charge in [-0.1, -0.05) is 19.1 Å². The quantitative estimate of drug-likeness (QED) is 0.320. The van der Waals surface area contributed by atoms with Gasteiger partial charge in [-0.3, -0.25) is 10.1 Å². The number of hydrogen-bond donors (Lipinski definition) is 0. The molecule has 0 fully saturated rings. The summed E-state index contributed by atoms with van der Waals surface area (Å²) in [5.74, 6) is 0.327. The lowest BCUT2D eigenvalue weighted by Crippen LogP contribution is -2.09. The third-order valence-electron chi connectivity index (χ3n) is 4.36. The summed E-state index contributed by atoms with van der Waals surface area (Å²) >= 11 is 0. The van der Waals surface area contributed by atoms with Crippen LogP contribution in [0.25, 0.3) is 6.08 Å². The molecule has 0 spiro atoms. The molecule has 0 aromatic heterocycles. The van der Waals surface area contributed by atoms with Crippen molar-refractivity contribution >= 4 is 23.6 Å². The molecule has 0 saturated heterocycles. The molecular weight excluding hydrogens is 360 g/mol. The van der Waals surface area contributed by atoms with Crippen LogP contribution in [0.15, 0.2) is 53.2 Å². The molecular formula is C21H20N2O5. The lowest BCUT2D eigenvalue weighted by atomic mass is 10.1. The predicted octanol–water partition coefficient (Wildman–Crippen LogP) is 4.43. The molecule has 0 radical (unpaired) electrons. The van der Waals surface area contributed by atoms with Crippen molar-refractivity contribution < 1.29 is 19.2 Å². The van der Waals surface area contributed by atoms with E-state index in [-0.39, 0.29) is 23.4 Å². The Morgan fingerprint density at radius 3 is 2.57 bits per heavy atom. The molecule has 28 heavy (non-hydrogen) atoms. The summed E-state index contributed by atoms with van der Waals surface area (Å²) in [6.45, 7) is 5.68. The van der Waals surface area contributed by atoms with Crippen LogP contribution in [0.1, 0.15) is 37.0 Å². The number of carbonyl (C=O) groups is 1. The van der Waals surface area contributed by atoms with Crippen molar-refractivity contribution in [3.8, 4) is 5.75 Å². The first kappa shape index (κ1) is 19.3. The van der Waals surface area contributed by atoms with Gasteiger partial charge in [0.15, 0.2) is 5.70 Å². The zero-order valence-corrected chi connectivity index (χ0v) is 15.8. The van der Waals surface area contributed by atoms with E-state index >= 15 is 0 Å². The van der Waals surface area contributed by atoms with Crippen LogP contribution in [0.2, 0.25) is 0 Å². The standard InChI is InChI=1S/C21H20N2O5/c1-4-14(3)27-17-8-5-15(6-9-17)12-18-21(24)28-20(22-18)16-7-10-19(23(25)26)13(2)11-16/h5-12,14H,4H2,1-3H3/b18-12-. The molecule has 0 saturated carbocycles. The second-order valence-electron chi connectivity index (χ2n) is 6.50. The lowest BCUT2D eigenvalue weighted by Gasteiger charge is -2.12. The van der Waals surface area contributed by atoms with Crippen LogP contribution < -0.4 is 4.74 Å². The van der Waals surface area contributed by atoms with Gasteiger partial charge in [-0.25, -0.2) is 9.79 Å². The van der Waals surface area contributed by atoms with Gasteiger partial charge in [-0.2, -0.15) is 0 Å². The molecule has 2 aromatic carbocycles. The fourth-order valence-electron chi connectivity index (χ4n) is 2.64. The van der Waals surface area contributed by atoms with Crippen LogP contribution in [-0.4, -0.2) is 22.9 Å². The van der Waals surface area contributed by atoms with Gasteiger partial charge in [0.1, 0.15) is 5.75 Å². The molecule has 1 heterocycles. The van der Waals surface area contributed by atoms with Crippen molar-refractivity contribution in [3.63, 3.8) is 0 Å². The highest BCUT2D eigenvalue weighted by molar-refractivity contribution is 6.13. The first-order valence-corrected chi connectivity index (χ1v) is 8.92. The zero-order chi connectivity index (χ0) is 20.3. The number of nitrogens with zero attached hydrogens (tertiary/aromatic N) is 2. The minimum Gasteiger partial charge on any atom is -0.491 e. The van der Waals surface area contributed by atoms with Gasteiger partial charge in [0, 0.05) is 17.2 Å². The number of esters is 1. The van der Waals surface area contributed by atoms with Crippen molar-refractivity contribution in [2.45, 2.75) is 33.3 Å². The minimum atomic E-state index is -0.564. The second-order valence-corrected chi connectivity index (χ2v) is 6.50. The van der Waals surface area contributed by atoms with E-state index < -0.39 is 10.9 Å². The first-order valence-electron chi connectivity index (χ1n) is 8.92. The maximum absolute atomic E-state index is 12.1. The highest BCUT2D eigenvalue weighted by Crippen LogP contribution is 2.24. The summed E-state index contributed by atoms with van der Waals surface area (Å²) in [4.78, 5) is 26.9. The van der Waals surface area contributed by atoms with E-state index in [2.05, 4.69) is 11.9 Å². The summed E-state index contributed by atoms with van der Waals surface area (Å²) in [6.07, 6.45) is 2.67. The van der Waals surface area contributed by atoms with Crippen LogP contribution in [0.3, 0.4) is 0 Å². The fraction of sp³-hybridized carbons (Fsp3) is 0.238. The molecule has 0 aliphatic carbocycles. The van der Waals surface area contributed by atoms with Gasteiger partial charge >= 0.3 is 5.97 Å². The van der Waals surface area contributed by atoms with Gasteiger partial charge in [0.25, 0.3) is 5.69 Å². The van der Waals surface area contributed by atoms with Crippen molar-refractivity contribution in [2.24, 2.45) is 4.99 Å². The van der Waals surface area contributed by atoms with Gasteiger partial charge in [-0.15, -0.1) is 0 Å². The van der Waals surface area contributed by atoms with E-state index in [9.17, 15) is 14.9 Å². The second kappa shape index (κ2) is 8.04. The molecule has 2 aromatic rings. The molecule has 0 amide bonds. The third kappa shape index (κ3) is 4.25. The van der Waals surface area contributed by atoms with Crippen LogP contribution in [0.5, 0.6) is 5.75 Å². The Morgan fingerprint density at radius 1 is 1.25 bits per heavy atom. The SMILES string of the molecule is CCC(C)Oc1ccc(/C=C2\N=C(c3ccc([N+](=O)[O-])c(C)c3)OC2=O)cc1. The largest absolute Gasteiger partial charge is 0.491 e. The average Bonchev–Trinajstić information content (AvgIpc) is 3.03. The molecule has 0 bridgehead atoms. The Hall–Kier alpha value is -3.48. The Morgan fingerprint density at radius 2 is 1.96 bits per heavy atom. The lowest BCUT2D eigenvalue weighted by molar-refractivity contribution is -0.385. The van der Waals surface area contributed by atoms with E-state index in [1.165, 1.54) is 12.1 Å². The molecule has 0 N–H and O–H groups in total. The summed E-state index contributed by atoms with van der Waals surface area (Å²) in [5.41, 5.74) is 1.94. The monoisotopic (exact) mass is 380 g/mol. The molecule has 3 rings (SSSR count). The van der Waals surface area contributed by atoms with Gasteiger partial charge in [0.2, 0.25) is 5.90 Å². The maximum Gasteiger partial charge on any atom is 0.363 e. The summed E-state index contributed by atoms with van der Waals surface area (Å²) in [5, 5.41) is 10.9. The third-order valence-corrected chi connectivity index (χ3v) is 4.36. The summed E-state index contributed by atoms with van der Waals surface area (Å²) in [7, 11) is 0. The number of nitro benzene ring substituents is 1. The molecule has 1 aliphatic rings. The molecule has 7 nitrogen and oxygen atoms in total. The van der Waals surface area contributed by atoms with Crippen LogP contribution in [0.4, 0.5) is 5.69 Å². The molecule has 7 heteroatoms. The number of rotatable bonds is 6. The number of benzene rings is 2. The number of aryl methyl sites for hydroxylation is 1. The number of aliphatic imine (C=N–C) groups is 1. The highest BCUT2D eigenvalue weighted by atomic mass is 16.6. The highest BCUT2D eigenvalue weighted by Gasteiger charge is 2.25. The predicted molar refractivity (Wildman–Crippen MR) is 105 cm³/mol. The Balaban J connectivity index is 1.81. The van der Waals surface area contributed by atoms with E-state index in [0.29, 0.717) is 11.1 Å². The van der Waals surface area contributed by atoms with E-state index in [1.54, 1.807) is 19.1 Å². The van der Waals surface area contributed by atoms with E-state index in [4.69, 9.17) is 9.47 Å². The van der Waals surface area contributed by atoms with Crippen LogP contribution in [-0.2, 0) is 9.53 Å². The van der Waals surface area contributed by atoms with Gasteiger partial charge in [-0.05, 0) is 56.2 Å². The first-order chi connectivity index (χ1) is 13.4. The maximum atomic E-state index is 12.1. The Labute approximate surface area is 162 Å². The number of ether oxygens (including phenoxy) is 2. The minimum absolute atomic E-state index is 0.00383. The van der Waals surface area contributed by atoms with Crippen LogP contribution in [0, 0.1) is 17.0 Å². The number of hydrogen-bond acceptors (Lipinski definition) is 6. The number of cyclic esters (lactones) is 1. The average molecular weight is 380 g/mol. The smallest absolute Gasteiger partial charge is 0.363 e. The molecule has 144 valence electrons. The van der Waals surface area contributed by atoms with Crippen molar-refractivity contribution in [1.82, 2.24) is 0 Å². The van der Waals surface area contributed by atoms with Crippen molar-refractivity contribution in [1.29, 1.82) is 0 Å². The Kier molecular flexibility index (Phi) is 5.54. The summed E-state index contributed by atoms with van der Waals surface area (Å²) in [6, 6.07) is 11.8. The molecule has 1 aliphatic heterocycles. The zero-order valence-electron chi connectivity index (χ0n) is 15.8. The van der Waals surface area contributed by atoms with Crippen molar-refractivity contribution in [2.75, 3.05) is 0 Å². The van der Waals surface area contributed by atoms with Crippen molar-refractivity contribution in [3.05, 3.63) is 75.0 Å². The fourth-order valence-corrected chi connectivity index (χ4v) is 2.64. The molecule has 1 unspecified atom stereocenters. The Bertz CT molecular complexity index is 977. The van der Waals surface area contributed by atoms with Gasteiger partial charge < -0.3 is 9.47 Å². The summed E-state index contributed by atoms with van der Waals surface area (Å²) < 4.78 is 11.0. The van der Waals surface area contributed by atoms with E-state index in [1.807, 2.05) is 31.2 Å². The normalized spacial score (nSPS) is 15.9. The number of carbonyl (C=O) groups excluding carboxylic acids is 1. The van der Waals surface area contributed by atoms with E-state index in [0.717, 1.165) is 17.7 Å². The van der Waals surface area contributed by atoms with Gasteiger partial charge in [0.05, 0.1) is 11.0 Å². The topological polar surface area (TPSA) is 91.0 Å². The van der Waals surface area contributed by atoms with Crippen LogP contribution >= 0.6 is 0 Å².